The Balaban J connectivity index is 1.70. The van der Waals surface area contributed by atoms with E-state index in [9.17, 15) is 4.79 Å². The molecule has 1 amide bonds. The molecule has 1 fully saturated rings. The number of carbonyl (C=O) groups excluding carboxylic acids is 1. The van der Waals surface area contributed by atoms with Crippen LogP contribution in [0.15, 0.2) is 24.3 Å². The van der Waals surface area contributed by atoms with Gasteiger partial charge in [-0.25, -0.2) is 0 Å². The predicted molar refractivity (Wildman–Crippen MR) is 84.3 cm³/mol. The molecule has 1 heterocycles. The van der Waals surface area contributed by atoms with Crippen LogP contribution in [0.25, 0.3) is 0 Å². The van der Waals surface area contributed by atoms with Gasteiger partial charge in [0.15, 0.2) is 11.5 Å². The zero-order valence-electron chi connectivity index (χ0n) is 13.4. The van der Waals surface area contributed by atoms with Crippen molar-refractivity contribution in [3.05, 3.63) is 24.3 Å². The van der Waals surface area contributed by atoms with E-state index in [0.29, 0.717) is 19.8 Å². The second-order valence-corrected chi connectivity index (χ2v) is 5.47. The Morgan fingerprint density at radius 2 is 2.09 bits per heavy atom. The number of para-hydroxylation sites is 2. The number of hydrogen-bond donors (Lipinski definition) is 0. The van der Waals surface area contributed by atoms with Gasteiger partial charge in [-0.15, -0.1) is 0 Å². The number of hydrogen-bond acceptors (Lipinski definition) is 4. The first-order valence-electron chi connectivity index (χ1n) is 7.84. The fourth-order valence-corrected chi connectivity index (χ4v) is 2.51. The standard InChI is InChI=1S/C17H25NO4/c1-18(17(19)16-10-5-6-12-22-16)11-7-13-21-15-9-4-3-8-14(15)20-2/h3-4,8-9,16H,5-7,10-13H2,1-2H3/t16-/m1/s1. The third-order valence-electron chi connectivity index (χ3n) is 3.80. The number of ether oxygens (including phenoxy) is 3. The van der Waals surface area contributed by atoms with Gasteiger partial charge in [-0.3, -0.25) is 4.79 Å². The molecule has 1 aromatic carbocycles. The number of amides is 1. The summed E-state index contributed by atoms with van der Waals surface area (Å²) in [5.74, 6) is 1.54. The summed E-state index contributed by atoms with van der Waals surface area (Å²) >= 11 is 0. The lowest BCUT2D eigenvalue weighted by Gasteiger charge is -2.26. The Morgan fingerprint density at radius 3 is 2.77 bits per heavy atom. The molecule has 122 valence electrons. The number of rotatable bonds is 7. The van der Waals surface area contributed by atoms with Gasteiger partial charge in [0.05, 0.1) is 13.7 Å². The molecule has 1 aliphatic heterocycles. The normalized spacial score (nSPS) is 17.8. The second-order valence-electron chi connectivity index (χ2n) is 5.47. The maximum absolute atomic E-state index is 12.2. The molecule has 1 saturated heterocycles. The fraction of sp³-hybridized carbons (Fsp3) is 0.588. The van der Waals surface area contributed by atoms with E-state index in [1.807, 2.05) is 31.3 Å². The molecule has 0 spiro atoms. The minimum Gasteiger partial charge on any atom is -0.493 e. The van der Waals surface area contributed by atoms with Crippen LogP contribution in [0.3, 0.4) is 0 Å². The topological polar surface area (TPSA) is 48.0 Å². The quantitative estimate of drug-likeness (QED) is 0.726. The highest BCUT2D eigenvalue weighted by molar-refractivity contribution is 5.80. The molecule has 0 unspecified atom stereocenters. The molecule has 0 radical (unpaired) electrons. The lowest BCUT2D eigenvalue weighted by molar-refractivity contribution is -0.145. The van der Waals surface area contributed by atoms with Crippen molar-refractivity contribution >= 4 is 5.91 Å². The molecule has 2 rings (SSSR count). The first-order chi connectivity index (χ1) is 10.7. The zero-order valence-corrected chi connectivity index (χ0v) is 13.4. The number of methoxy groups -OCH3 is 1. The first kappa shape index (κ1) is 16.6. The summed E-state index contributed by atoms with van der Waals surface area (Å²) in [6, 6.07) is 7.56. The smallest absolute Gasteiger partial charge is 0.251 e. The van der Waals surface area contributed by atoms with Gasteiger partial charge < -0.3 is 19.1 Å². The SMILES string of the molecule is COc1ccccc1OCCCN(C)C(=O)[C@H]1CCCCO1. The van der Waals surface area contributed by atoms with Crippen LogP contribution in [0.5, 0.6) is 11.5 Å². The average molecular weight is 307 g/mol. The van der Waals surface area contributed by atoms with Crippen molar-refractivity contribution in [2.45, 2.75) is 31.8 Å². The van der Waals surface area contributed by atoms with Gasteiger partial charge in [-0.2, -0.15) is 0 Å². The second kappa shape index (κ2) is 8.63. The molecular formula is C17H25NO4. The van der Waals surface area contributed by atoms with Crippen LogP contribution >= 0.6 is 0 Å². The number of carbonyl (C=O) groups is 1. The van der Waals surface area contributed by atoms with Crippen molar-refractivity contribution in [1.29, 1.82) is 0 Å². The summed E-state index contributed by atoms with van der Waals surface area (Å²) in [7, 11) is 3.45. The Kier molecular flexibility index (Phi) is 6.52. The molecule has 1 aliphatic rings. The molecular weight excluding hydrogens is 282 g/mol. The van der Waals surface area contributed by atoms with E-state index in [1.54, 1.807) is 12.0 Å². The molecule has 0 saturated carbocycles. The maximum atomic E-state index is 12.2. The van der Waals surface area contributed by atoms with Crippen molar-refractivity contribution in [3.63, 3.8) is 0 Å². The third-order valence-corrected chi connectivity index (χ3v) is 3.80. The van der Waals surface area contributed by atoms with Crippen LogP contribution in [0, 0.1) is 0 Å². The number of benzene rings is 1. The lowest BCUT2D eigenvalue weighted by Crippen LogP contribution is -2.40. The molecule has 0 aliphatic carbocycles. The van der Waals surface area contributed by atoms with Crippen molar-refractivity contribution in [3.8, 4) is 11.5 Å². The van der Waals surface area contributed by atoms with E-state index in [4.69, 9.17) is 14.2 Å². The van der Waals surface area contributed by atoms with Gasteiger partial charge in [0.25, 0.3) is 5.91 Å². The zero-order chi connectivity index (χ0) is 15.8. The number of nitrogens with zero attached hydrogens (tertiary/aromatic N) is 1. The third kappa shape index (κ3) is 4.63. The van der Waals surface area contributed by atoms with E-state index in [-0.39, 0.29) is 12.0 Å². The van der Waals surface area contributed by atoms with Gasteiger partial charge in [0.1, 0.15) is 6.10 Å². The van der Waals surface area contributed by atoms with Gasteiger partial charge in [-0.05, 0) is 37.8 Å². The molecule has 5 heteroatoms. The Bertz CT molecular complexity index is 471. The van der Waals surface area contributed by atoms with Gasteiger partial charge in [0.2, 0.25) is 0 Å². The van der Waals surface area contributed by atoms with E-state index >= 15 is 0 Å². The van der Waals surface area contributed by atoms with Gasteiger partial charge in [0, 0.05) is 20.2 Å². The van der Waals surface area contributed by atoms with Crippen LogP contribution in [0.2, 0.25) is 0 Å². The van der Waals surface area contributed by atoms with Crippen molar-refractivity contribution in [2.75, 3.05) is 33.9 Å². The van der Waals surface area contributed by atoms with Crippen molar-refractivity contribution in [1.82, 2.24) is 4.90 Å². The van der Waals surface area contributed by atoms with Crippen LogP contribution in [-0.4, -0.2) is 50.8 Å². The minimum atomic E-state index is -0.256. The van der Waals surface area contributed by atoms with E-state index in [2.05, 4.69) is 0 Å². The summed E-state index contributed by atoms with van der Waals surface area (Å²) < 4.78 is 16.5. The summed E-state index contributed by atoms with van der Waals surface area (Å²) in [6.45, 7) is 1.90. The molecule has 5 nitrogen and oxygen atoms in total. The first-order valence-corrected chi connectivity index (χ1v) is 7.84. The summed E-state index contributed by atoms with van der Waals surface area (Å²) in [5.41, 5.74) is 0. The van der Waals surface area contributed by atoms with Gasteiger partial charge >= 0.3 is 0 Å². The largest absolute Gasteiger partial charge is 0.493 e. The highest BCUT2D eigenvalue weighted by atomic mass is 16.5. The van der Waals surface area contributed by atoms with Crippen LogP contribution < -0.4 is 9.47 Å². The minimum absolute atomic E-state index is 0.0805. The highest BCUT2D eigenvalue weighted by Gasteiger charge is 2.24. The Hall–Kier alpha value is -1.75. The number of likely N-dealkylation sites (N-methyl/N-ethyl adjacent to an activating group) is 1. The van der Waals surface area contributed by atoms with Crippen LogP contribution in [0.1, 0.15) is 25.7 Å². The molecule has 1 atom stereocenters. The van der Waals surface area contributed by atoms with Crippen molar-refractivity contribution in [2.24, 2.45) is 0 Å². The van der Waals surface area contributed by atoms with Gasteiger partial charge in [-0.1, -0.05) is 12.1 Å². The predicted octanol–water partition coefficient (Wildman–Crippen LogP) is 2.49. The molecule has 0 bridgehead atoms. The Labute approximate surface area is 132 Å². The molecule has 0 N–H and O–H groups in total. The average Bonchev–Trinajstić information content (AvgIpc) is 2.59. The molecule has 0 aromatic heterocycles. The molecule has 22 heavy (non-hydrogen) atoms. The monoisotopic (exact) mass is 307 g/mol. The van der Waals surface area contributed by atoms with Crippen LogP contribution in [-0.2, 0) is 9.53 Å². The summed E-state index contributed by atoms with van der Waals surface area (Å²) in [6.07, 6.45) is 3.48. The maximum Gasteiger partial charge on any atom is 0.251 e. The molecule has 1 aromatic rings. The Morgan fingerprint density at radius 1 is 1.32 bits per heavy atom. The van der Waals surface area contributed by atoms with E-state index in [0.717, 1.165) is 37.2 Å². The summed E-state index contributed by atoms with van der Waals surface area (Å²) in [4.78, 5) is 13.9. The van der Waals surface area contributed by atoms with Crippen molar-refractivity contribution < 1.29 is 19.0 Å². The van der Waals surface area contributed by atoms with E-state index < -0.39 is 0 Å². The lowest BCUT2D eigenvalue weighted by atomic mass is 10.1. The van der Waals surface area contributed by atoms with Crippen LogP contribution in [0.4, 0.5) is 0 Å². The highest BCUT2D eigenvalue weighted by Crippen LogP contribution is 2.25. The fourth-order valence-electron chi connectivity index (χ4n) is 2.51. The van der Waals surface area contributed by atoms with E-state index in [1.165, 1.54) is 0 Å². The summed E-state index contributed by atoms with van der Waals surface area (Å²) in [5, 5.41) is 0.